The highest BCUT2D eigenvalue weighted by Gasteiger charge is 2.15. The minimum absolute atomic E-state index is 0.0161. The van der Waals surface area contributed by atoms with Crippen molar-refractivity contribution in [3.63, 3.8) is 0 Å². The fourth-order valence-corrected chi connectivity index (χ4v) is 1.90. The van der Waals surface area contributed by atoms with Crippen LogP contribution in [0.3, 0.4) is 0 Å². The van der Waals surface area contributed by atoms with Crippen LogP contribution in [0.5, 0.6) is 0 Å². The van der Waals surface area contributed by atoms with E-state index in [-0.39, 0.29) is 5.91 Å². The van der Waals surface area contributed by atoms with Gasteiger partial charge < -0.3 is 0 Å². The molecule has 0 aliphatic carbocycles. The Morgan fingerprint density at radius 1 is 0.882 bits per heavy atom. The van der Waals surface area contributed by atoms with E-state index in [9.17, 15) is 4.79 Å². The Kier molecular flexibility index (Phi) is 3.94. The maximum atomic E-state index is 12.0. The summed E-state index contributed by atoms with van der Waals surface area (Å²) in [7, 11) is 0. The molecule has 0 aromatic heterocycles. The van der Waals surface area contributed by atoms with Crippen molar-refractivity contribution in [3.8, 4) is 0 Å². The van der Waals surface area contributed by atoms with Crippen LogP contribution in [0, 0.1) is 0 Å². The number of benzene rings is 2. The predicted octanol–water partition coefficient (Wildman–Crippen LogP) is 3.75. The van der Waals surface area contributed by atoms with Gasteiger partial charge in [0, 0.05) is 11.4 Å². The van der Waals surface area contributed by atoms with Gasteiger partial charge in [-0.05, 0) is 24.3 Å². The molecule has 86 valence electrons. The minimum atomic E-state index is 0.0161. The summed E-state index contributed by atoms with van der Waals surface area (Å²) in [4.78, 5) is 13.7. The molecule has 0 radical (unpaired) electrons. The van der Waals surface area contributed by atoms with Crippen LogP contribution in [0.1, 0.15) is 0 Å². The molecule has 0 aliphatic heterocycles. The Balaban J connectivity index is 2.43. The molecule has 2 rings (SSSR count). The van der Waals surface area contributed by atoms with Gasteiger partial charge in [-0.3, -0.25) is 9.69 Å². The average molecular weight is 290 g/mol. The number of para-hydroxylation sites is 2. The number of alkyl halides is 1. The van der Waals surface area contributed by atoms with Gasteiger partial charge in [0.05, 0.1) is 5.33 Å². The molecular weight excluding hydrogens is 278 g/mol. The third-order valence-electron chi connectivity index (χ3n) is 2.39. The summed E-state index contributed by atoms with van der Waals surface area (Å²) in [6, 6.07) is 19.3. The minimum Gasteiger partial charge on any atom is -0.280 e. The lowest BCUT2D eigenvalue weighted by Gasteiger charge is -2.22. The summed E-state index contributed by atoms with van der Waals surface area (Å²) in [5, 5.41) is 0.302. The van der Waals surface area contributed by atoms with Crippen LogP contribution in [-0.4, -0.2) is 11.2 Å². The molecule has 2 aromatic carbocycles. The Labute approximate surface area is 109 Å². The standard InChI is InChI=1S/C14H12BrNO/c15-11-14(17)16(12-7-3-1-4-8-12)13-9-5-2-6-10-13/h1-10H,11H2. The molecule has 0 atom stereocenters. The van der Waals surface area contributed by atoms with E-state index in [0.29, 0.717) is 5.33 Å². The normalized spacial score (nSPS) is 9.94. The molecule has 2 nitrogen and oxygen atoms in total. The lowest BCUT2D eigenvalue weighted by molar-refractivity contribution is -0.115. The second-order valence-electron chi connectivity index (χ2n) is 3.53. The van der Waals surface area contributed by atoms with Crippen LogP contribution in [-0.2, 0) is 4.79 Å². The molecule has 3 heteroatoms. The molecule has 17 heavy (non-hydrogen) atoms. The Bertz CT molecular complexity index is 445. The maximum absolute atomic E-state index is 12.0. The number of anilines is 2. The first-order valence-electron chi connectivity index (χ1n) is 5.32. The van der Waals surface area contributed by atoms with Crippen LogP contribution in [0.2, 0.25) is 0 Å². The van der Waals surface area contributed by atoms with Crippen molar-refractivity contribution in [1.29, 1.82) is 0 Å². The zero-order valence-corrected chi connectivity index (χ0v) is 10.8. The van der Waals surface area contributed by atoms with E-state index in [1.807, 2.05) is 60.7 Å². The number of hydrogen-bond donors (Lipinski definition) is 0. The largest absolute Gasteiger partial charge is 0.280 e. The molecule has 0 spiro atoms. The predicted molar refractivity (Wildman–Crippen MR) is 73.8 cm³/mol. The second kappa shape index (κ2) is 5.64. The smallest absolute Gasteiger partial charge is 0.242 e. The average Bonchev–Trinajstić information content (AvgIpc) is 2.41. The lowest BCUT2D eigenvalue weighted by Crippen LogP contribution is -2.26. The fourth-order valence-electron chi connectivity index (χ4n) is 1.65. The summed E-state index contributed by atoms with van der Waals surface area (Å²) in [6.45, 7) is 0. The highest BCUT2D eigenvalue weighted by atomic mass is 79.9. The van der Waals surface area contributed by atoms with E-state index >= 15 is 0 Å². The number of carbonyl (C=O) groups excluding carboxylic acids is 1. The van der Waals surface area contributed by atoms with Crippen LogP contribution in [0.15, 0.2) is 60.7 Å². The van der Waals surface area contributed by atoms with Gasteiger partial charge in [0.2, 0.25) is 5.91 Å². The maximum Gasteiger partial charge on any atom is 0.242 e. The summed E-state index contributed by atoms with van der Waals surface area (Å²) in [5.41, 5.74) is 1.76. The van der Waals surface area contributed by atoms with E-state index in [0.717, 1.165) is 11.4 Å². The van der Waals surface area contributed by atoms with Crippen LogP contribution in [0.4, 0.5) is 11.4 Å². The first-order valence-corrected chi connectivity index (χ1v) is 6.44. The summed E-state index contributed by atoms with van der Waals surface area (Å²) >= 11 is 3.22. The Morgan fingerprint density at radius 2 is 1.29 bits per heavy atom. The first kappa shape index (κ1) is 11.9. The lowest BCUT2D eigenvalue weighted by atomic mass is 10.2. The third-order valence-corrected chi connectivity index (χ3v) is 2.87. The molecule has 1 amide bonds. The summed E-state index contributed by atoms with van der Waals surface area (Å²) < 4.78 is 0. The number of halogens is 1. The molecule has 0 bridgehead atoms. The van der Waals surface area contributed by atoms with Gasteiger partial charge >= 0.3 is 0 Å². The molecule has 0 N–H and O–H groups in total. The highest BCUT2D eigenvalue weighted by molar-refractivity contribution is 9.09. The first-order chi connectivity index (χ1) is 8.33. The van der Waals surface area contributed by atoms with Crippen molar-refractivity contribution in [3.05, 3.63) is 60.7 Å². The van der Waals surface area contributed by atoms with Gasteiger partial charge in [-0.25, -0.2) is 0 Å². The SMILES string of the molecule is O=C(CBr)N(c1ccccc1)c1ccccc1. The van der Waals surface area contributed by atoms with E-state index in [1.54, 1.807) is 4.90 Å². The molecule has 0 fully saturated rings. The highest BCUT2D eigenvalue weighted by Crippen LogP contribution is 2.25. The van der Waals surface area contributed by atoms with Crippen molar-refractivity contribution in [1.82, 2.24) is 0 Å². The van der Waals surface area contributed by atoms with Crippen molar-refractivity contribution in [2.45, 2.75) is 0 Å². The van der Waals surface area contributed by atoms with Crippen molar-refractivity contribution >= 4 is 33.2 Å². The number of hydrogen-bond acceptors (Lipinski definition) is 1. The van der Waals surface area contributed by atoms with Crippen molar-refractivity contribution in [2.75, 3.05) is 10.2 Å². The van der Waals surface area contributed by atoms with Gasteiger partial charge in [-0.2, -0.15) is 0 Å². The molecule has 0 unspecified atom stereocenters. The Morgan fingerprint density at radius 3 is 1.65 bits per heavy atom. The molecule has 0 heterocycles. The van der Waals surface area contributed by atoms with Gasteiger partial charge in [-0.15, -0.1) is 0 Å². The molecule has 0 aliphatic rings. The zero-order valence-electron chi connectivity index (χ0n) is 9.21. The molecular formula is C14H12BrNO. The van der Waals surface area contributed by atoms with E-state index in [4.69, 9.17) is 0 Å². The number of carbonyl (C=O) groups is 1. The summed E-state index contributed by atoms with van der Waals surface area (Å²) in [5.74, 6) is 0.0161. The zero-order chi connectivity index (χ0) is 12.1. The van der Waals surface area contributed by atoms with E-state index in [1.165, 1.54) is 0 Å². The van der Waals surface area contributed by atoms with Gasteiger partial charge in [0.1, 0.15) is 0 Å². The molecule has 0 saturated carbocycles. The number of nitrogens with zero attached hydrogens (tertiary/aromatic N) is 1. The van der Waals surface area contributed by atoms with Crippen LogP contribution >= 0.6 is 15.9 Å². The fraction of sp³-hybridized carbons (Fsp3) is 0.0714. The van der Waals surface area contributed by atoms with Crippen LogP contribution in [0.25, 0.3) is 0 Å². The number of rotatable bonds is 3. The van der Waals surface area contributed by atoms with E-state index < -0.39 is 0 Å². The topological polar surface area (TPSA) is 20.3 Å². The second-order valence-corrected chi connectivity index (χ2v) is 4.09. The molecule has 0 saturated heterocycles. The van der Waals surface area contributed by atoms with Gasteiger partial charge in [0.15, 0.2) is 0 Å². The third kappa shape index (κ3) is 2.74. The quantitative estimate of drug-likeness (QED) is 0.788. The van der Waals surface area contributed by atoms with Gasteiger partial charge in [-0.1, -0.05) is 52.3 Å². The number of amides is 1. The Hall–Kier alpha value is -1.61. The van der Waals surface area contributed by atoms with E-state index in [2.05, 4.69) is 15.9 Å². The summed E-state index contributed by atoms with van der Waals surface area (Å²) in [6.07, 6.45) is 0. The monoisotopic (exact) mass is 289 g/mol. The van der Waals surface area contributed by atoms with Crippen molar-refractivity contribution in [2.24, 2.45) is 0 Å². The van der Waals surface area contributed by atoms with Crippen LogP contribution < -0.4 is 4.90 Å². The van der Waals surface area contributed by atoms with Gasteiger partial charge in [0.25, 0.3) is 0 Å². The molecule has 2 aromatic rings. The van der Waals surface area contributed by atoms with Crippen molar-refractivity contribution < 1.29 is 4.79 Å².